The second-order valence-corrected chi connectivity index (χ2v) is 8.87. The Kier molecular flexibility index (Phi) is 6.03. The number of thiophene rings is 1. The van der Waals surface area contributed by atoms with Crippen molar-refractivity contribution in [1.29, 1.82) is 0 Å². The first-order chi connectivity index (χ1) is 12.4. The van der Waals surface area contributed by atoms with Crippen LogP contribution in [0.25, 0.3) is 0 Å². The van der Waals surface area contributed by atoms with Gasteiger partial charge in [-0.25, -0.2) is 0 Å². The van der Waals surface area contributed by atoms with Gasteiger partial charge < -0.3 is 14.5 Å². The lowest BCUT2D eigenvalue weighted by atomic mass is 9.94. The van der Waals surface area contributed by atoms with Crippen LogP contribution >= 0.6 is 11.3 Å². The van der Waals surface area contributed by atoms with Gasteiger partial charge in [0.05, 0.1) is 17.1 Å². The van der Waals surface area contributed by atoms with Crippen molar-refractivity contribution in [3.05, 3.63) is 21.4 Å². The van der Waals surface area contributed by atoms with E-state index in [9.17, 15) is 9.59 Å². The minimum Gasteiger partial charge on any atom is -0.372 e. The Bertz CT molecular complexity index is 654. The van der Waals surface area contributed by atoms with Crippen LogP contribution in [0.3, 0.4) is 0 Å². The molecular weight excluding hydrogens is 348 g/mol. The molecule has 26 heavy (non-hydrogen) atoms. The minimum absolute atomic E-state index is 0.0350. The molecule has 144 valence electrons. The summed E-state index contributed by atoms with van der Waals surface area (Å²) < 4.78 is 5.73. The molecule has 1 aromatic rings. The SMILES string of the molecule is CCc1cc(C(=O)N2CCC(C(=O)N3C[C@@H](C)O[C@@H](C)C3)CC2)sc1C. The average molecular weight is 379 g/mol. The van der Waals surface area contributed by atoms with Crippen molar-refractivity contribution in [2.75, 3.05) is 26.2 Å². The molecule has 1 aromatic heterocycles. The number of carbonyl (C=O) groups excluding carboxylic acids is 2. The lowest BCUT2D eigenvalue weighted by molar-refractivity contribution is -0.148. The van der Waals surface area contributed by atoms with Crippen LogP contribution < -0.4 is 0 Å². The van der Waals surface area contributed by atoms with Crippen molar-refractivity contribution in [1.82, 2.24) is 9.80 Å². The minimum atomic E-state index is 0.0350. The van der Waals surface area contributed by atoms with Crippen LogP contribution in [0.1, 0.15) is 53.7 Å². The maximum Gasteiger partial charge on any atom is 0.263 e. The molecule has 2 fully saturated rings. The largest absolute Gasteiger partial charge is 0.372 e. The van der Waals surface area contributed by atoms with Gasteiger partial charge in [-0.3, -0.25) is 9.59 Å². The Labute approximate surface area is 160 Å². The monoisotopic (exact) mass is 378 g/mol. The van der Waals surface area contributed by atoms with E-state index in [1.165, 1.54) is 10.4 Å². The summed E-state index contributed by atoms with van der Waals surface area (Å²) in [6.07, 6.45) is 2.67. The normalized spacial score (nSPS) is 24.8. The molecule has 0 saturated carbocycles. The Morgan fingerprint density at radius 3 is 2.31 bits per heavy atom. The van der Waals surface area contributed by atoms with Gasteiger partial charge in [-0.15, -0.1) is 11.3 Å². The first-order valence-electron chi connectivity index (χ1n) is 9.71. The number of hydrogen-bond acceptors (Lipinski definition) is 4. The fourth-order valence-corrected chi connectivity index (χ4v) is 5.16. The van der Waals surface area contributed by atoms with Crippen molar-refractivity contribution in [3.63, 3.8) is 0 Å². The molecule has 3 rings (SSSR count). The van der Waals surface area contributed by atoms with E-state index < -0.39 is 0 Å². The zero-order valence-corrected chi connectivity index (χ0v) is 17.1. The quantitative estimate of drug-likeness (QED) is 0.812. The summed E-state index contributed by atoms with van der Waals surface area (Å²) in [4.78, 5) is 31.6. The number of rotatable bonds is 3. The zero-order chi connectivity index (χ0) is 18.8. The number of ether oxygens (including phenoxy) is 1. The van der Waals surface area contributed by atoms with E-state index in [0.717, 1.165) is 24.1 Å². The number of carbonyl (C=O) groups is 2. The molecule has 0 radical (unpaired) electrons. The van der Waals surface area contributed by atoms with E-state index in [0.29, 0.717) is 26.2 Å². The van der Waals surface area contributed by atoms with Crippen LogP contribution in [0, 0.1) is 12.8 Å². The molecular formula is C20H30N2O3S. The zero-order valence-electron chi connectivity index (χ0n) is 16.3. The van der Waals surface area contributed by atoms with Crippen LogP contribution in [-0.2, 0) is 16.0 Å². The van der Waals surface area contributed by atoms with Crippen LogP contribution in [0.15, 0.2) is 6.07 Å². The third-order valence-electron chi connectivity index (χ3n) is 5.47. The molecule has 0 N–H and O–H groups in total. The highest BCUT2D eigenvalue weighted by Crippen LogP contribution is 2.27. The third kappa shape index (κ3) is 4.12. The number of nitrogens with zero attached hydrogens (tertiary/aromatic N) is 2. The van der Waals surface area contributed by atoms with Gasteiger partial charge in [0, 0.05) is 37.0 Å². The van der Waals surface area contributed by atoms with E-state index in [1.54, 1.807) is 11.3 Å². The molecule has 0 spiro atoms. The van der Waals surface area contributed by atoms with Crippen molar-refractivity contribution < 1.29 is 14.3 Å². The van der Waals surface area contributed by atoms with E-state index >= 15 is 0 Å². The first kappa shape index (κ1) is 19.4. The molecule has 0 unspecified atom stereocenters. The van der Waals surface area contributed by atoms with Crippen molar-refractivity contribution in [3.8, 4) is 0 Å². The number of amides is 2. The lowest BCUT2D eigenvalue weighted by Gasteiger charge is -2.39. The summed E-state index contributed by atoms with van der Waals surface area (Å²) in [6.45, 7) is 10.9. The molecule has 5 nitrogen and oxygen atoms in total. The Hall–Kier alpha value is -1.40. The van der Waals surface area contributed by atoms with Crippen molar-refractivity contribution in [2.24, 2.45) is 5.92 Å². The standard InChI is InChI=1S/C20H30N2O3S/c1-5-16-10-18(26-15(16)4)20(24)21-8-6-17(7-9-21)19(23)22-11-13(2)25-14(3)12-22/h10,13-14,17H,5-9,11-12H2,1-4H3/t13-,14+. The number of hydrogen-bond donors (Lipinski definition) is 0. The molecule has 2 atom stereocenters. The predicted octanol–water partition coefficient (Wildman–Crippen LogP) is 3.11. The molecule has 2 saturated heterocycles. The van der Waals surface area contributed by atoms with Gasteiger partial charge in [0.1, 0.15) is 0 Å². The summed E-state index contributed by atoms with van der Waals surface area (Å²) in [5, 5.41) is 0. The summed E-state index contributed by atoms with van der Waals surface area (Å²) in [6, 6.07) is 2.04. The van der Waals surface area contributed by atoms with Crippen LogP contribution in [0.5, 0.6) is 0 Å². The topological polar surface area (TPSA) is 49.9 Å². The number of aryl methyl sites for hydroxylation is 2. The van der Waals surface area contributed by atoms with E-state index in [4.69, 9.17) is 4.74 Å². The molecule has 0 bridgehead atoms. The molecule has 0 aliphatic carbocycles. The van der Waals surface area contributed by atoms with E-state index in [1.807, 2.05) is 29.7 Å². The van der Waals surface area contributed by atoms with Crippen LogP contribution in [-0.4, -0.2) is 60.0 Å². The molecule has 2 aliphatic heterocycles. The van der Waals surface area contributed by atoms with Gasteiger partial charge in [0.25, 0.3) is 5.91 Å². The maximum absolute atomic E-state index is 12.8. The number of morpholine rings is 1. The lowest BCUT2D eigenvalue weighted by Crippen LogP contribution is -2.51. The van der Waals surface area contributed by atoms with Crippen molar-refractivity contribution in [2.45, 2.75) is 59.2 Å². The fraction of sp³-hybridized carbons (Fsp3) is 0.700. The molecule has 3 heterocycles. The van der Waals surface area contributed by atoms with Gasteiger partial charge in [0.15, 0.2) is 0 Å². The summed E-state index contributed by atoms with van der Waals surface area (Å²) in [5.74, 6) is 0.393. The number of piperidine rings is 1. The maximum atomic E-state index is 12.8. The molecule has 0 aromatic carbocycles. The summed E-state index contributed by atoms with van der Waals surface area (Å²) in [7, 11) is 0. The second-order valence-electron chi connectivity index (χ2n) is 7.61. The summed E-state index contributed by atoms with van der Waals surface area (Å²) in [5.41, 5.74) is 1.26. The van der Waals surface area contributed by atoms with Gasteiger partial charge in [-0.05, 0) is 51.7 Å². The van der Waals surface area contributed by atoms with Gasteiger partial charge in [-0.2, -0.15) is 0 Å². The molecule has 6 heteroatoms. The Balaban J connectivity index is 1.56. The van der Waals surface area contributed by atoms with Gasteiger partial charge in [0.2, 0.25) is 5.91 Å². The van der Waals surface area contributed by atoms with Crippen LogP contribution in [0.2, 0.25) is 0 Å². The van der Waals surface area contributed by atoms with Crippen molar-refractivity contribution >= 4 is 23.2 Å². The average Bonchev–Trinajstić information content (AvgIpc) is 3.00. The predicted molar refractivity (Wildman–Crippen MR) is 104 cm³/mol. The van der Waals surface area contributed by atoms with Gasteiger partial charge in [-0.1, -0.05) is 6.92 Å². The van der Waals surface area contributed by atoms with E-state index in [2.05, 4.69) is 13.8 Å². The highest BCUT2D eigenvalue weighted by Gasteiger charge is 2.34. The van der Waals surface area contributed by atoms with Crippen LogP contribution in [0.4, 0.5) is 0 Å². The highest BCUT2D eigenvalue weighted by atomic mass is 32.1. The summed E-state index contributed by atoms with van der Waals surface area (Å²) >= 11 is 1.59. The third-order valence-corrected chi connectivity index (χ3v) is 6.56. The highest BCUT2D eigenvalue weighted by molar-refractivity contribution is 7.14. The van der Waals surface area contributed by atoms with Gasteiger partial charge >= 0.3 is 0 Å². The fourth-order valence-electron chi connectivity index (χ4n) is 4.08. The Morgan fingerprint density at radius 2 is 1.77 bits per heavy atom. The number of likely N-dealkylation sites (tertiary alicyclic amines) is 1. The molecule has 2 aliphatic rings. The second kappa shape index (κ2) is 8.09. The molecule has 2 amide bonds. The van der Waals surface area contributed by atoms with E-state index in [-0.39, 0.29) is 29.9 Å². The smallest absolute Gasteiger partial charge is 0.263 e. The first-order valence-corrected chi connectivity index (χ1v) is 10.5. The Morgan fingerprint density at radius 1 is 1.15 bits per heavy atom.